The molecule has 0 unspecified atom stereocenters. The van der Waals surface area contributed by atoms with Gasteiger partial charge in [0.1, 0.15) is 11.6 Å². The van der Waals surface area contributed by atoms with E-state index in [-0.39, 0.29) is 32.2 Å². The third-order valence-electron chi connectivity index (χ3n) is 9.67. The van der Waals surface area contributed by atoms with Gasteiger partial charge < -0.3 is 5.11 Å². The van der Waals surface area contributed by atoms with E-state index in [9.17, 15) is 15.6 Å². The van der Waals surface area contributed by atoms with Crippen LogP contribution in [0.1, 0.15) is 37.5 Å². The molecule has 6 aromatic carbocycles. The van der Waals surface area contributed by atoms with Crippen molar-refractivity contribution in [1.29, 1.82) is 10.5 Å². The van der Waals surface area contributed by atoms with E-state index in [0.29, 0.717) is 22.5 Å². The van der Waals surface area contributed by atoms with Crippen molar-refractivity contribution in [3.63, 3.8) is 0 Å². The predicted molar refractivity (Wildman–Crippen MR) is 215 cm³/mol. The minimum Gasteiger partial charge on any atom is -0.507 e. The van der Waals surface area contributed by atoms with Gasteiger partial charge in [-0.3, -0.25) is 9.55 Å². The van der Waals surface area contributed by atoms with Gasteiger partial charge in [0.05, 0.1) is 39.9 Å². The SMILES string of the molecule is CC(C)(C)c1cc(-c2ccccn2)[c-]c(-c2cccc3c2nc(-c2ccccc2O)n3-c2cc(-c3ccc(C#N)cc3)cc(-c3ccc(C#N)cc3)c2)c1.[Pt]. The number of rotatable bonds is 6. The monoisotopic (exact) mass is 891 g/mol. The zero-order chi connectivity index (χ0) is 37.4. The summed E-state index contributed by atoms with van der Waals surface area (Å²) in [5, 5.41) is 30.3. The van der Waals surface area contributed by atoms with Crippen molar-refractivity contribution in [3.05, 3.63) is 168 Å². The second kappa shape index (κ2) is 15.0. The van der Waals surface area contributed by atoms with Gasteiger partial charge in [0.2, 0.25) is 0 Å². The largest absolute Gasteiger partial charge is 0.507 e. The maximum atomic E-state index is 11.3. The molecule has 0 spiro atoms. The molecular weight excluding hydrogens is 858 g/mol. The fraction of sp³-hybridized carbons (Fsp3) is 0.0833. The van der Waals surface area contributed by atoms with Gasteiger partial charge in [0.25, 0.3) is 0 Å². The third kappa shape index (κ3) is 7.21. The topological polar surface area (TPSA) is 98.5 Å². The Balaban J connectivity index is 0.00000465. The first-order chi connectivity index (χ1) is 26.2. The third-order valence-corrected chi connectivity index (χ3v) is 9.67. The Hall–Kier alpha value is -6.59. The van der Waals surface area contributed by atoms with E-state index in [1.807, 2.05) is 84.9 Å². The van der Waals surface area contributed by atoms with Gasteiger partial charge >= 0.3 is 0 Å². The maximum Gasteiger partial charge on any atom is 0.148 e. The number of phenolic OH excluding ortho intramolecular Hbond substituents is 1. The molecule has 0 saturated carbocycles. The van der Waals surface area contributed by atoms with Crippen molar-refractivity contribution < 1.29 is 26.2 Å². The Morgan fingerprint density at radius 1 is 0.636 bits per heavy atom. The molecule has 2 aromatic heterocycles. The average Bonchev–Trinajstić information content (AvgIpc) is 3.60. The zero-order valence-electron chi connectivity index (χ0n) is 30.4. The van der Waals surface area contributed by atoms with Gasteiger partial charge in [-0.1, -0.05) is 92.6 Å². The molecule has 8 aromatic rings. The normalized spacial score (nSPS) is 11.1. The van der Waals surface area contributed by atoms with E-state index in [2.05, 4.69) is 91.0 Å². The van der Waals surface area contributed by atoms with Crippen molar-refractivity contribution in [2.45, 2.75) is 26.2 Å². The molecule has 1 N–H and O–H groups in total. The summed E-state index contributed by atoms with van der Waals surface area (Å²) in [4.78, 5) is 9.99. The molecule has 2 heterocycles. The van der Waals surface area contributed by atoms with Gasteiger partial charge in [0.15, 0.2) is 0 Å². The number of nitrogens with zero attached hydrogens (tertiary/aromatic N) is 5. The Morgan fingerprint density at radius 3 is 1.82 bits per heavy atom. The standard InChI is InChI=1S/C48H34N5O.Pt/c1-48(2,3)39-25-37(24-38(26-39)43-11-6-7-22-51-43)41-10-8-12-44-46(41)52-47(42-9-4-5-13-45(42)54)53(44)40-27-35(33-18-14-31(29-49)15-19-33)23-36(28-40)34-20-16-32(30-50)17-21-34;/h4-23,25-28,54H,1-3H3;/q-1;. The minimum atomic E-state index is -0.144. The Labute approximate surface area is 334 Å². The van der Waals surface area contributed by atoms with Crippen LogP contribution in [-0.2, 0) is 26.5 Å². The van der Waals surface area contributed by atoms with Gasteiger partial charge in [-0.25, -0.2) is 4.98 Å². The first kappa shape index (κ1) is 36.8. The predicted octanol–water partition coefficient (Wildman–Crippen LogP) is 11.3. The average molecular weight is 892 g/mol. The van der Waals surface area contributed by atoms with Crippen molar-refractivity contribution in [3.8, 4) is 79.6 Å². The second-order valence-corrected chi connectivity index (χ2v) is 14.3. The summed E-state index contributed by atoms with van der Waals surface area (Å²) in [6.45, 7) is 6.60. The molecule has 0 bridgehead atoms. The number of hydrogen-bond donors (Lipinski definition) is 1. The fourth-order valence-corrected chi connectivity index (χ4v) is 6.78. The van der Waals surface area contributed by atoms with E-state index < -0.39 is 0 Å². The molecule has 0 fully saturated rings. The molecule has 0 aliphatic rings. The number of para-hydroxylation sites is 2. The van der Waals surface area contributed by atoms with Crippen LogP contribution in [0.3, 0.4) is 0 Å². The Kier molecular flexibility index (Phi) is 10.0. The number of pyridine rings is 1. The Bertz CT molecular complexity index is 2690. The summed E-state index contributed by atoms with van der Waals surface area (Å²) in [7, 11) is 0. The quantitative estimate of drug-likeness (QED) is 0.168. The van der Waals surface area contributed by atoms with Gasteiger partial charge in [0, 0.05) is 38.6 Å². The van der Waals surface area contributed by atoms with Crippen molar-refractivity contribution in [2.24, 2.45) is 0 Å². The van der Waals surface area contributed by atoms with Crippen molar-refractivity contribution >= 4 is 11.0 Å². The molecule has 0 radical (unpaired) electrons. The van der Waals surface area contributed by atoms with Gasteiger partial charge in [-0.2, -0.15) is 10.5 Å². The molecule has 0 atom stereocenters. The Morgan fingerprint density at radius 2 is 1.24 bits per heavy atom. The van der Waals surface area contributed by atoms with E-state index in [1.54, 1.807) is 18.3 Å². The summed E-state index contributed by atoms with van der Waals surface area (Å²) in [5.74, 6) is 0.695. The van der Waals surface area contributed by atoms with Crippen molar-refractivity contribution in [2.75, 3.05) is 0 Å². The van der Waals surface area contributed by atoms with E-state index >= 15 is 0 Å². The summed E-state index contributed by atoms with van der Waals surface area (Å²) in [5.41, 5.74) is 12.5. The molecule has 0 amide bonds. The summed E-state index contributed by atoms with van der Waals surface area (Å²) >= 11 is 0. The van der Waals surface area contributed by atoms with Crippen LogP contribution in [0.2, 0.25) is 0 Å². The van der Waals surface area contributed by atoms with Crippen LogP contribution in [0.5, 0.6) is 5.75 Å². The number of benzene rings is 6. The van der Waals surface area contributed by atoms with Crippen LogP contribution >= 0.6 is 0 Å². The number of fused-ring (bicyclic) bond motifs is 1. The molecule has 55 heavy (non-hydrogen) atoms. The zero-order valence-corrected chi connectivity index (χ0v) is 32.6. The first-order valence-electron chi connectivity index (χ1n) is 17.7. The van der Waals surface area contributed by atoms with E-state index in [0.717, 1.165) is 66.9 Å². The molecule has 0 aliphatic heterocycles. The molecule has 8 rings (SSSR count). The van der Waals surface area contributed by atoms with Crippen LogP contribution in [0.15, 0.2) is 146 Å². The molecule has 268 valence electrons. The van der Waals surface area contributed by atoms with Crippen LogP contribution in [-0.4, -0.2) is 19.6 Å². The summed E-state index contributed by atoms with van der Waals surface area (Å²) in [6, 6.07) is 53.2. The summed E-state index contributed by atoms with van der Waals surface area (Å²) in [6.07, 6.45) is 1.80. The number of hydrogen-bond acceptors (Lipinski definition) is 5. The van der Waals surface area contributed by atoms with Crippen LogP contribution < -0.4 is 0 Å². The molecule has 0 aliphatic carbocycles. The van der Waals surface area contributed by atoms with Gasteiger partial charge in [-0.15, -0.1) is 29.3 Å². The number of nitriles is 2. The van der Waals surface area contributed by atoms with E-state index in [4.69, 9.17) is 4.98 Å². The number of aromatic hydroxyl groups is 1. The van der Waals surface area contributed by atoms with Crippen molar-refractivity contribution in [1.82, 2.24) is 14.5 Å². The maximum absolute atomic E-state index is 11.3. The van der Waals surface area contributed by atoms with Crippen LogP contribution in [0, 0.1) is 28.7 Å². The fourth-order valence-electron chi connectivity index (χ4n) is 6.78. The molecule has 0 saturated heterocycles. The van der Waals surface area contributed by atoms with Gasteiger partial charge in [-0.05, 0) is 94.4 Å². The number of imidazole rings is 1. The first-order valence-corrected chi connectivity index (χ1v) is 17.7. The molecule has 6 nitrogen and oxygen atoms in total. The smallest absolute Gasteiger partial charge is 0.148 e. The second-order valence-electron chi connectivity index (χ2n) is 14.3. The van der Waals surface area contributed by atoms with E-state index in [1.165, 1.54) is 0 Å². The van der Waals surface area contributed by atoms with Crippen LogP contribution in [0.25, 0.3) is 72.7 Å². The van der Waals surface area contributed by atoms with Crippen LogP contribution in [0.4, 0.5) is 0 Å². The number of aromatic nitrogens is 3. The number of phenols is 1. The molecular formula is C48H34N5OPt-. The summed E-state index contributed by atoms with van der Waals surface area (Å²) < 4.78 is 2.10. The molecule has 7 heteroatoms. The minimum absolute atomic E-state index is 0.